The maximum absolute atomic E-state index is 14.1. The van der Waals surface area contributed by atoms with Gasteiger partial charge in [0, 0.05) is 17.1 Å². The lowest BCUT2D eigenvalue weighted by atomic mass is 9.95. The van der Waals surface area contributed by atoms with Crippen molar-refractivity contribution < 1.29 is 9.13 Å². The molecule has 1 aliphatic heterocycles. The lowest BCUT2D eigenvalue weighted by Crippen LogP contribution is -2.42. The standard InChI is InChI=1S/C13H19FN2OS/c1-8-5-9(2)12(10(14)6-8)13(16-15)11-7-18-4-3-17-11/h5-6,11,13,16H,3-4,7,15H2,1-2H3. The van der Waals surface area contributed by atoms with Crippen LogP contribution in [0.25, 0.3) is 0 Å². The smallest absolute Gasteiger partial charge is 0.128 e. The highest BCUT2D eigenvalue weighted by molar-refractivity contribution is 7.99. The zero-order chi connectivity index (χ0) is 13.1. The Morgan fingerprint density at radius 3 is 2.83 bits per heavy atom. The minimum atomic E-state index is -0.293. The third-order valence-corrected chi connectivity index (χ3v) is 4.20. The number of aryl methyl sites for hydroxylation is 2. The van der Waals surface area contributed by atoms with Crippen LogP contribution in [0.3, 0.4) is 0 Å². The Morgan fingerprint density at radius 1 is 1.50 bits per heavy atom. The molecule has 2 rings (SSSR count). The zero-order valence-corrected chi connectivity index (χ0v) is 11.5. The van der Waals surface area contributed by atoms with Gasteiger partial charge in [-0.2, -0.15) is 11.8 Å². The number of hydrogen-bond acceptors (Lipinski definition) is 4. The van der Waals surface area contributed by atoms with Crippen LogP contribution in [0.2, 0.25) is 0 Å². The average Bonchev–Trinajstić information content (AvgIpc) is 2.34. The van der Waals surface area contributed by atoms with Gasteiger partial charge in [0.15, 0.2) is 0 Å². The van der Waals surface area contributed by atoms with E-state index in [9.17, 15) is 4.39 Å². The fraction of sp³-hybridized carbons (Fsp3) is 0.538. The van der Waals surface area contributed by atoms with Gasteiger partial charge in [-0.25, -0.2) is 4.39 Å². The summed E-state index contributed by atoms with van der Waals surface area (Å²) in [6.45, 7) is 4.49. The highest BCUT2D eigenvalue weighted by Gasteiger charge is 2.28. The Morgan fingerprint density at radius 2 is 2.28 bits per heavy atom. The van der Waals surface area contributed by atoms with Gasteiger partial charge in [-0.15, -0.1) is 0 Å². The predicted octanol–water partition coefficient (Wildman–Crippen LogP) is 2.08. The molecule has 1 aliphatic rings. The third-order valence-electron chi connectivity index (χ3n) is 3.18. The monoisotopic (exact) mass is 270 g/mol. The van der Waals surface area contributed by atoms with Crippen LogP contribution in [0.15, 0.2) is 12.1 Å². The van der Waals surface area contributed by atoms with Crippen molar-refractivity contribution in [2.24, 2.45) is 5.84 Å². The van der Waals surface area contributed by atoms with Crippen molar-refractivity contribution in [3.63, 3.8) is 0 Å². The Hall–Kier alpha value is -0.620. The first kappa shape index (κ1) is 13.8. The van der Waals surface area contributed by atoms with E-state index in [2.05, 4.69) is 5.43 Å². The molecule has 2 atom stereocenters. The van der Waals surface area contributed by atoms with Crippen molar-refractivity contribution in [2.45, 2.75) is 26.0 Å². The molecule has 18 heavy (non-hydrogen) atoms. The first-order valence-electron chi connectivity index (χ1n) is 6.05. The van der Waals surface area contributed by atoms with E-state index in [1.165, 1.54) is 0 Å². The fourth-order valence-corrected chi connectivity index (χ4v) is 3.30. The lowest BCUT2D eigenvalue weighted by Gasteiger charge is -2.31. The molecule has 3 N–H and O–H groups in total. The van der Waals surface area contributed by atoms with E-state index >= 15 is 0 Å². The van der Waals surface area contributed by atoms with E-state index in [0.717, 1.165) is 22.6 Å². The molecule has 0 saturated carbocycles. The van der Waals surface area contributed by atoms with Crippen molar-refractivity contribution in [1.29, 1.82) is 0 Å². The van der Waals surface area contributed by atoms with Gasteiger partial charge in [-0.05, 0) is 31.0 Å². The molecular formula is C13H19FN2OS. The second-order valence-corrected chi connectivity index (χ2v) is 5.76. The molecule has 1 aromatic rings. The molecule has 5 heteroatoms. The molecule has 0 amide bonds. The fourth-order valence-electron chi connectivity index (χ4n) is 2.40. The van der Waals surface area contributed by atoms with Crippen molar-refractivity contribution in [1.82, 2.24) is 5.43 Å². The summed E-state index contributed by atoms with van der Waals surface area (Å²) in [5.74, 6) is 7.22. The number of benzene rings is 1. The number of hydrazine groups is 1. The molecular weight excluding hydrogens is 251 g/mol. The minimum absolute atomic E-state index is 0.0790. The summed E-state index contributed by atoms with van der Waals surface area (Å²) < 4.78 is 19.8. The molecule has 100 valence electrons. The Bertz CT molecular complexity index is 398. The quantitative estimate of drug-likeness (QED) is 0.652. The SMILES string of the molecule is Cc1cc(C)c(C(NN)C2CSCCO2)c(F)c1. The first-order valence-corrected chi connectivity index (χ1v) is 7.21. The van der Waals surface area contributed by atoms with Crippen LogP contribution in [0.1, 0.15) is 22.7 Å². The molecule has 0 aliphatic carbocycles. The topological polar surface area (TPSA) is 47.3 Å². The summed E-state index contributed by atoms with van der Waals surface area (Å²) in [5, 5.41) is 0. The van der Waals surface area contributed by atoms with Gasteiger partial charge >= 0.3 is 0 Å². The van der Waals surface area contributed by atoms with Crippen LogP contribution in [0, 0.1) is 19.7 Å². The predicted molar refractivity (Wildman–Crippen MR) is 73.0 cm³/mol. The van der Waals surface area contributed by atoms with Crippen LogP contribution in [-0.2, 0) is 4.74 Å². The number of rotatable bonds is 3. The third kappa shape index (κ3) is 2.85. The molecule has 2 unspecified atom stereocenters. The summed E-state index contributed by atoms with van der Waals surface area (Å²) in [6, 6.07) is 3.22. The molecule has 0 radical (unpaired) electrons. The van der Waals surface area contributed by atoms with Crippen LogP contribution in [-0.4, -0.2) is 24.2 Å². The molecule has 1 saturated heterocycles. The van der Waals surface area contributed by atoms with Gasteiger partial charge in [0.05, 0.1) is 18.8 Å². The maximum Gasteiger partial charge on any atom is 0.128 e. The zero-order valence-electron chi connectivity index (χ0n) is 10.7. The molecule has 1 aromatic carbocycles. The summed E-state index contributed by atoms with van der Waals surface area (Å²) in [7, 11) is 0. The van der Waals surface area contributed by atoms with E-state index < -0.39 is 0 Å². The van der Waals surface area contributed by atoms with Crippen LogP contribution in [0.5, 0.6) is 0 Å². The highest BCUT2D eigenvalue weighted by Crippen LogP contribution is 2.29. The van der Waals surface area contributed by atoms with Crippen LogP contribution in [0.4, 0.5) is 4.39 Å². The highest BCUT2D eigenvalue weighted by atomic mass is 32.2. The molecule has 1 fully saturated rings. The van der Waals surface area contributed by atoms with Gasteiger partial charge in [-0.1, -0.05) is 6.07 Å². The Balaban J connectivity index is 2.32. The molecule has 3 nitrogen and oxygen atoms in total. The molecule has 0 spiro atoms. The normalized spacial score (nSPS) is 21.9. The molecule has 0 aromatic heterocycles. The van der Waals surface area contributed by atoms with Gasteiger partial charge in [-0.3, -0.25) is 11.3 Å². The summed E-state index contributed by atoms with van der Waals surface area (Å²) >= 11 is 1.81. The maximum atomic E-state index is 14.1. The van der Waals surface area contributed by atoms with Crippen molar-refractivity contribution in [3.8, 4) is 0 Å². The van der Waals surface area contributed by atoms with E-state index in [1.807, 2.05) is 31.7 Å². The lowest BCUT2D eigenvalue weighted by molar-refractivity contribution is 0.0456. The minimum Gasteiger partial charge on any atom is -0.374 e. The average molecular weight is 270 g/mol. The largest absolute Gasteiger partial charge is 0.374 e. The second kappa shape index (κ2) is 6.02. The number of nitrogens with one attached hydrogen (secondary N) is 1. The number of nitrogens with two attached hydrogens (primary N) is 1. The van der Waals surface area contributed by atoms with E-state index in [4.69, 9.17) is 10.6 Å². The second-order valence-electron chi connectivity index (χ2n) is 4.61. The van der Waals surface area contributed by atoms with Gasteiger partial charge in [0.1, 0.15) is 5.82 Å². The van der Waals surface area contributed by atoms with Crippen LogP contribution >= 0.6 is 11.8 Å². The number of halogens is 1. The van der Waals surface area contributed by atoms with E-state index in [-0.39, 0.29) is 18.0 Å². The van der Waals surface area contributed by atoms with Crippen molar-refractivity contribution in [2.75, 3.05) is 18.1 Å². The van der Waals surface area contributed by atoms with E-state index in [1.54, 1.807) is 6.07 Å². The summed E-state index contributed by atoms with van der Waals surface area (Å²) in [4.78, 5) is 0. The van der Waals surface area contributed by atoms with Crippen molar-refractivity contribution >= 4 is 11.8 Å². The Labute approximate surface area is 111 Å². The molecule has 1 heterocycles. The number of thioether (sulfide) groups is 1. The van der Waals surface area contributed by atoms with Crippen LogP contribution < -0.4 is 11.3 Å². The molecule has 0 bridgehead atoms. The van der Waals surface area contributed by atoms with Gasteiger partial charge < -0.3 is 4.74 Å². The number of hydrogen-bond donors (Lipinski definition) is 2. The van der Waals surface area contributed by atoms with E-state index in [0.29, 0.717) is 12.2 Å². The number of ether oxygens (including phenoxy) is 1. The summed E-state index contributed by atoms with van der Waals surface area (Å²) in [6.07, 6.45) is -0.0790. The summed E-state index contributed by atoms with van der Waals surface area (Å²) in [5.41, 5.74) is 5.16. The van der Waals surface area contributed by atoms with Crippen molar-refractivity contribution in [3.05, 3.63) is 34.6 Å². The van der Waals surface area contributed by atoms with Gasteiger partial charge in [0.25, 0.3) is 0 Å². The Kier molecular flexibility index (Phi) is 4.61. The van der Waals surface area contributed by atoms with Gasteiger partial charge in [0.2, 0.25) is 0 Å². The first-order chi connectivity index (χ1) is 8.63.